The molecule has 3 aromatic rings. The number of thioether (sulfide) groups is 1. The van der Waals surface area contributed by atoms with Crippen molar-refractivity contribution in [2.75, 3.05) is 20.4 Å². The van der Waals surface area contributed by atoms with Crippen molar-refractivity contribution in [3.8, 4) is 23.0 Å². The van der Waals surface area contributed by atoms with Crippen LogP contribution in [0.3, 0.4) is 0 Å². The van der Waals surface area contributed by atoms with Crippen molar-refractivity contribution in [3.05, 3.63) is 82.3 Å². The zero-order valence-corrected chi connectivity index (χ0v) is 21.8. The number of aliphatic imine (C=N–C) groups is 1. The number of fused-ring (bicyclic) bond motifs is 1. The molecule has 0 radical (unpaired) electrons. The van der Waals surface area contributed by atoms with Crippen LogP contribution >= 0.6 is 11.8 Å². The van der Waals surface area contributed by atoms with Crippen molar-refractivity contribution < 1.29 is 23.7 Å². The van der Waals surface area contributed by atoms with Gasteiger partial charge in [-0.1, -0.05) is 37.3 Å². The van der Waals surface area contributed by atoms with Gasteiger partial charge in [0.15, 0.2) is 28.2 Å². The molecule has 0 aliphatic carbocycles. The number of hydrogen-bond donors (Lipinski definition) is 0. The fraction of sp³-hybridized carbons (Fsp3) is 0.241. The van der Waals surface area contributed by atoms with Crippen molar-refractivity contribution >= 4 is 34.6 Å². The molecule has 0 saturated carbocycles. The quantitative estimate of drug-likeness (QED) is 0.333. The van der Waals surface area contributed by atoms with Gasteiger partial charge in [-0.25, -0.2) is 4.99 Å². The van der Waals surface area contributed by atoms with E-state index in [4.69, 9.17) is 23.9 Å². The van der Waals surface area contributed by atoms with Crippen molar-refractivity contribution in [2.45, 2.75) is 26.9 Å². The van der Waals surface area contributed by atoms with Gasteiger partial charge in [-0.2, -0.15) is 0 Å². The standard InChI is InChI=1S/C29H28N2O5S/c1-4-21-8-6-7-9-22(21)30-29-31(3)28(32)27(37-29)16-19-10-12-23(25(14-19)33-5-2)34-17-20-11-13-24-26(15-20)36-18-35-24/h6-16H,4-5,17-18H2,1-3H3/b27-16-,30-29?. The molecule has 2 heterocycles. The molecule has 190 valence electrons. The number of amides is 1. The largest absolute Gasteiger partial charge is 0.490 e. The third-order valence-corrected chi connectivity index (χ3v) is 7.05. The fourth-order valence-electron chi connectivity index (χ4n) is 4.02. The van der Waals surface area contributed by atoms with Gasteiger partial charge in [0.05, 0.1) is 17.2 Å². The Bertz CT molecular complexity index is 1380. The number of ether oxygens (including phenoxy) is 4. The Hall–Kier alpha value is -3.91. The predicted octanol–water partition coefficient (Wildman–Crippen LogP) is 6.19. The van der Waals surface area contributed by atoms with Gasteiger partial charge in [-0.3, -0.25) is 9.69 Å². The molecule has 0 N–H and O–H groups in total. The molecule has 3 aromatic carbocycles. The van der Waals surface area contributed by atoms with Crippen LogP contribution in [0.2, 0.25) is 0 Å². The van der Waals surface area contributed by atoms with E-state index in [1.165, 1.54) is 11.8 Å². The van der Waals surface area contributed by atoms with Crippen molar-refractivity contribution in [3.63, 3.8) is 0 Å². The second-order valence-electron chi connectivity index (χ2n) is 8.47. The van der Waals surface area contributed by atoms with Gasteiger partial charge in [-0.05, 0) is 78.2 Å². The number of hydrogen-bond acceptors (Lipinski definition) is 7. The van der Waals surface area contributed by atoms with E-state index in [1.54, 1.807) is 11.9 Å². The van der Waals surface area contributed by atoms with E-state index >= 15 is 0 Å². The fourth-order valence-corrected chi connectivity index (χ4v) is 5.00. The summed E-state index contributed by atoms with van der Waals surface area (Å²) in [7, 11) is 1.75. The van der Waals surface area contributed by atoms with Gasteiger partial charge in [-0.15, -0.1) is 0 Å². The molecular weight excluding hydrogens is 488 g/mol. The highest BCUT2D eigenvalue weighted by Gasteiger charge is 2.30. The highest BCUT2D eigenvalue weighted by Crippen LogP contribution is 2.37. The Morgan fingerprint density at radius 3 is 2.68 bits per heavy atom. The van der Waals surface area contributed by atoms with Crippen molar-refractivity contribution in [2.24, 2.45) is 4.99 Å². The number of likely N-dealkylation sites (N-methyl/N-ethyl adjacent to an activating group) is 1. The summed E-state index contributed by atoms with van der Waals surface area (Å²) in [5.41, 5.74) is 3.84. The molecule has 0 atom stereocenters. The van der Waals surface area contributed by atoms with Crippen LogP contribution in [0.5, 0.6) is 23.0 Å². The summed E-state index contributed by atoms with van der Waals surface area (Å²) in [4.78, 5) is 19.9. The average Bonchev–Trinajstić information content (AvgIpc) is 3.48. The molecule has 1 fully saturated rings. The third-order valence-electron chi connectivity index (χ3n) is 5.99. The highest BCUT2D eigenvalue weighted by molar-refractivity contribution is 8.18. The summed E-state index contributed by atoms with van der Waals surface area (Å²) in [5.74, 6) is 2.62. The topological polar surface area (TPSA) is 69.6 Å². The Balaban J connectivity index is 1.34. The van der Waals surface area contributed by atoms with E-state index in [0.717, 1.165) is 40.3 Å². The first kappa shape index (κ1) is 24.8. The van der Waals surface area contributed by atoms with Crippen LogP contribution < -0.4 is 18.9 Å². The number of aryl methyl sites for hydroxylation is 1. The maximum absolute atomic E-state index is 13.0. The molecule has 2 aliphatic heterocycles. The van der Waals surface area contributed by atoms with Gasteiger partial charge in [0.1, 0.15) is 6.61 Å². The van der Waals surface area contributed by atoms with Crippen LogP contribution in [0.4, 0.5) is 5.69 Å². The number of amidine groups is 1. The van der Waals surface area contributed by atoms with Gasteiger partial charge >= 0.3 is 0 Å². The zero-order valence-electron chi connectivity index (χ0n) is 21.0. The molecule has 37 heavy (non-hydrogen) atoms. The van der Waals surface area contributed by atoms with Gasteiger partial charge in [0.2, 0.25) is 6.79 Å². The lowest BCUT2D eigenvalue weighted by Crippen LogP contribution is -2.23. The minimum Gasteiger partial charge on any atom is -0.490 e. The van der Waals surface area contributed by atoms with Crippen LogP contribution in [0.25, 0.3) is 6.08 Å². The zero-order chi connectivity index (χ0) is 25.8. The number of nitrogens with zero attached hydrogens (tertiary/aromatic N) is 2. The minimum atomic E-state index is -0.0844. The van der Waals surface area contributed by atoms with E-state index in [1.807, 2.05) is 67.6 Å². The van der Waals surface area contributed by atoms with Crippen molar-refractivity contribution in [1.82, 2.24) is 4.90 Å². The Labute approximate surface area is 220 Å². The lowest BCUT2D eigenvalue weighted by Gasteiger charge is -2.13. The van der Waals surface area contributed by atoms with Crippen LogP contribution in [0.15, 0.2) is 70.6 Å². The van der Waals surface area contributed by atoms with Crippen LogP contribution in [0.1, 0.15) is 30.5 Å². The average molecular weight is 517 g/mol. The first-order chi connectivity index (χ1) is 18.1. The molecular formula is C29H28N2O5S. The van der Waals surface area contributed by atoms with Crippen LogP contribution in [-0.4, -0.2) is 36.4 Å². The van der Waals surface area contributed by atoms with Crippen LogP contribution in [0, 0.1) is 0 Å². The first-order valence-electron chi connectivity index (χ1n) is 12.2. The Morgan fingerprint density at radius 2 is 1.84 bits per heavy atom. The SMILES string of the molecule is CCOc1cc(/C=C2\SC(=Nc3ccccc3CC)N(C)C2=O)ccc1OCc1ccc2c(c1)OCO2. The van der Waals surface area contributed by atoms with Gasteiger partial charge in [0.25, 0.3) is 5.91 Å². The number of rotatable bonds is 8. The molecule has 1 saturated heterocycles. The summed E-state index contributed by atoms with van der Waals surface area (Å²) in [6.07, 6.45) is 2.74. The maximum Gasteiger partial charge on any atom is 0.266 e. The summed E-state index contributed by atoms with van der Waals surface area (Å²) in [6, 6.07) is 19.4. The molecule has 2 aliphatic rings. The third kappa shape index (κ3) is 5.44. The number of benzene rings is 3. The lowest BCUT2D eigenvalue weighted by molar-refractivity contribution is -0.121. The number of para-hydroxylation sites is 1. The minimum absolute atomic E-state index is 0.0844. The summed E-state index contributed by atoms with van der Waals surface area (Å²) in [6.45, 7) is 5.11. The van der Waals surface area contributed by atoms with E-state index in [-0.39, 0.29) is 12.7 Å². The molecule has 5 rings (SSSR count). The van der Waals surface area contributed by atoms with Crippen molar-refractivity contribution in [1.29, 1.82) is 0 Å². The summed E-state index contributed by atoms with van der Waals surface area (Å²) < 4.78 is 22.7. The molecule has 0 bridgehead atoms. The smallest absolute Gasteiger partial charge is 0.266 e. The Kier molecular flexibility index (Phi) is 7.37. The van der Waals surface area contributed by atoms with Gasteiger partial charge in [0, 0.05) is 7.05 Å². The van der Waals surface area contributed by atoms with E-state index in [9.17, 15) is 4.79 Å². The first-order valence-corrected chi connectivity index (χ1v) is 13.0. The van der Waals surface area contributed by atoms with Gasteiger partial charge < -0.3 is 18.9 Å². The highest BCUT2D eigenvalue weighted by atomic mass is 32.2. The second kappa shape index (κ2) is 11.0. The Morgan fingerprint density at radius 1 is 1.00 bits per heavy atom. The van der Waals surface area contributed by atoms with E-state index < -0.39 is 0 Å². The molecule has 0 spiro atoms. The molecule has 7 nitrogen and oxygen atoms in total. The molecule has 0 unspecified atom stereocenters. The summed E-state index contributed by atoms with van der Waals surface area (Å²) >= 11 is 1.37. The second-order valence-corrected chi connectivity index (χ2v) is 9.48. The maximum atomic E-state index is 13.0. The number of carbonyl (C=O) groups is 1. The van der Waals surface area contributed by atoms with E-state index in [2.05, 4.69) is 13.0 Å². The predicted molar refractivity (Wildman–Crippen MR) is 146 cm³/mol. The van der Waals surface area contributed by atoms with Crippen LogP contribution in [-0.2, 0) is 17.8 Å². The monoisotopic (exact) mass is 516 g/mol. The number of carbonyl (C=O) groups excluding carboxylic acids is 1. The normalized spacial score (nSPS) is 16.6. The molecule has 0 aromatic heterocycles. The molecule has 1 amide bonds. The summed E-state index contributed by atoms with van der Waals surface area (Å²) in [5, 5.41) is 0.658. The molecule has 8 heteroatoms. The van der Waals surface area contributed by atoms with E-state index in [0.29, 0.717) is 34.8 Å². The lowest BCUT2D eigenvalue weighted by atomic mass is 10.1.